The van der Waals surface area contributed by atoms with Crippen LogP contribution in [-0.2, 0) is 20.7 Å². The van der Waals surface area contributed by atoms with Crippen molar-refractivity contribution in [1.82, 2.24) is 0 Å². The summed E-state index contributed by atoms with van der Waals surface area (Å²) in [7, 11) is -3.59. The van der Waals surface area contributed by atoms with Gasteiger partial charge < -0.3 is 0 Å². The lowest BCUT2D eigenvalue weighted by molar-refractivity contribution is 0.504. The van der Waals surface area contributed by atoms with Crippen LogP contribution in [0.1, 0.15) is 0 Å². The van der Waals surface area contributed by atoms with Crippen LogP contribution >= 0.6 is 14.2 Å². The molecule has 0 aliphatic heterocycles. The van der Waals surface area contributed by atoms with E-state index in [2.05, 4.69) is 16.1 Å². The molecule has 0 aromatic carbocycles. The van der Waals surface area contributed by atoms with Gasteiger partial charge in [-0.2, -0.15) is 0 Å². The van der Waals surface area contributed by atoms with Crippen LogP contribution in [0.25, 0.3) is 0 Å². The zero-order valence-corrected chi connectivity index (χ0v) is 7.03. The summed E-state index contributed by atoms with van der Waals surface area (Å²) in [4.78, 5) is 0. The van der Waals surface area contributed by atoms with Crippen LogP contribution in [0.15, 0.2) is 0 Å². The van der Waals surface area contributed by atoms with E-state index >= 15 is 0 Å². The highest BCUT2D eigenvalue weighted by Crippen LogP contribution is 2.44. The molecule has 0 aromatic heterocycles. The molecule has 0 spiro atoms. The largest absolute Gasteiger partial charge is 0.341 e. The Hall–Kier alpha value is 0.680. The van der Waals surface area contributed by atoms with Crippen molar-refractivity contribution in [2.45, 2.75) is 0 Å². The van der Waals surface area contributed by atoms with Crippen LogP contribution in [0.4, 0.5) is 0 Å². The SMILES string of the molecule is NP(N)(=O)OP(N)(N)=S. The molecular formula is H8N4O2P2S. The third kappa shape index (κ3) is 8.68. The standard InChI is InChI=1S/H8N4O2P2S/c1-7(2,5)6-8(3,4)9/h(H4,1,2,5)(H4,3,4,9). The van der Waals surface area contributed by atoms with E-state index in [9.17, 15) is 4.57 Å². The number of rotatable bonds is 2. The van der Waals surface area contributed by atoms with Gasteiger partial charge in [0.15, 0.2) is 0 Å². The second-order valence-electron chi connectivity index (χ2n) is 1.37. The Morgan fingerprint density at radius 1 is 1.22 bits per heavy atom. The molecule has 9 heavy (non-hydrogen) atoms. The first-order valence-corrected chi connectivity index (χ1v) is 6.38. The molecule has 0 unspecified atom stereocenters. The molecule has 56 valence electrons. The summed E-state index contributed by atoms with van der Waals surface area (Å²) in [5.41, 5.74) is 19.4. The van der Waals surface area contributed by atoms with Crippen molar-refractivity contribution in [3.8, 4) is 0 Å². The maximum Gasteiger partial charge on any atom is 0.341 e. The zero-order valence-electron chi connectivity index (χ0n) is 4.43. The van der Waals surface area contributed by atoms with Crippen LogP contribution in [0.2, 0.25) is 0 Å². The summed E-state index contributed by atoms with van der Waals surface area (Å²) >= 11 is 4.35. The van der Waals surface area contributed by atoms with Crippen molar-refractivity contribution in [2.24, 2.45) is 22.0 Å². The summed E-state index contributed by atoms with van der Waals surface area (Å²) < 4.78 is 14.6. The summed E-state index contributed by atoms with van der Waals surface area (Å²) in [5, 5.41) is 0. The van der Waals surface area contributed by atoms with E-state index in [4.69, 9.17) is 22.0 Å². The van der Waals surface area contributed by atoms with E-state index in [0.717, 1.165) is 0 Å². The lowest BCUT2D eigenvalue weighted by Gasteiger charge is -2.12. The molecular weight excluding hydrogens is 182 g/mol. The molecule has 0 aliphatic rings. The molecule has 0 rings (SSSR count). The van der Waals surface area contributed by atoms with Gasteiger partial charge in [-0.1, -0.05) is 0 Å². The van der Waals surface area contributed by atoms with Crippen LogP contribution < -0.4 is 22.0 Å². The van der Waals surface area contributed by atoms with Crippen LogP contribution in [0.5, 0.6) is 0 Å². The van der Waals surface area contributed by atoms with Gasteiger partial charge in [-0.3, -0.25) is 15.6 Å². The van der Waals surface area contributed by atoms with Gasteiger partial charge in [0.25, 0.3) is 0 Å². The minimum absolute atomic E-state index is 2.97. The van der Waals surface area contributed by atoms with Crippen LogP contribution in [0.3, 0.4) is 0 Å². The fourth-order valence-corrected chi connectivity index (χ4v) is 2.73. The number of hydrogen-bond acceptors (Lipinski definition) is 3. The fraction of sp³-hybridized carbons (Fsp3) is 0. The van der Waals surface area contributed by atoms with Gasteiger partial charge in [-0.25, -0.2) is 15.3 Å². The van der Waals surface area contributed by atoms with Gasteiger partial charge >= 0.3 is 7.67 Å². The third-order valence-electron chi connectivity index (χ3n) is 0.255. The second-order valence-corrected chi connectivity index (χ2v) is 6.32. The Kier molecular flexibility index (Phi) is 2.94. The fourth-order valence-electron chi connectivity index (χ4n) is 0.199. The quantitative estimate of drug-likeness (QED) is 0.418. The Morgan fingerprint density at radius 2 is 1.56 bits per heavy atom. The molecule has 0 heterocycles. The lowest BCUT2D eigenvalue weighted by Crippen LogP contribution is -2.13. The molecule has 0 aromatic rings. The first-order chi connectivity index (χ1) is 3.71. The van der Waals surface area contributed by atoms with Crippen molar-refractivity contribution in [3.63, 3.8) is 0 Å². The van der Waals surface area contributed by atoms with Gasteiger partial charge in [0.2, 0.25) is 6.57 Å². The first kappa shape index (κ1) is 9.68. The second kappa shape index (κ2) is 2.74. The maximum absolute atomic E-state index is 10.4. The average molecular weight is 190 g/mol. The smallest absolute Gasteiger partial charge is 0.269 e. The van der Waals surface area contributed by atoms with Gasteiger partial charge in [-0.15, -0.1) is 0 Å². The Labute approximate surface area is 57.7 Å². The molecule has 9 heteroatoms. The van der Waals surface area contributed by atoms with Gasteiger partial charge in [0, 0.05) is 0 Å². The maximum atomic E-state index is 10.4. The van der Waals surface area contributed by atoms with Crippen molar-refractivity contribution in [1.29, 1.82) is 0 Å². The van der Waals surface area contributed by atoms with E-state index < -0.39 is 14.2 Å². The van der Waals surface area contributed by atoms with Crippen molar-refractivity contribution >= 4 is 26.0 Å². The highest BCUT2D eigenvalue weighted by atomic mass is 32.5. The zero-order chi connectivity index (χ0) is 7.71. The molecule has 0 fully saturated rings. The average Bonchev–Trinajstić information content (AvgIpc) is 1.14. The number of hydrogen-bond donors (Lipinski definition) is 4. The van der Waals surface area contributed by atoms with Crippen molar-refractivity contribution in [2.75, 3.05) is 0 Å². The van der Waals surface area contributed by atoms with Crippen molar-refractivity contribution < 1.29 is 8.88 Å². The van der Waals surface area contributed by atoms with E-state index in [0.29, 0.717) is 0 Å². The molecule has 6 nitrogen and oxygen atoms in total. The normalized spacial score (nSPS) is 13.8. The van der Waals surface area contributed by atoms with Crippen LogP contribution in [-0.4, -0.2) is 0 Å². The monoisotopic (exact) mass is 190 g/mol. The molecule has 0 saturated carbocycles. The first-order valence-electron chi connectivity index (χ1n) is 1.76. The highest BCUT2D eigenvalue weighted by molar-refractivity contribution is 8.11. The van der Waals surface area contributed by atoms with E-state index in [1.54, 1.807) is 0 Å². The Morgan fingerprint density at radius 3 is 1.56 bits per heavy atom. The molecule has 8 N–H and O–H groups in total. The molecule has 0 radical (unpaired) electrons. The summed E-state index contributed by atoms with van der Waals surface area (Å²) in [5.74, 6) is 0. The van der Waals surface area contributed by atoms with E-state index in [1.807, 2.05) is 0 Å². The van der Waals surface area contributed by atoms with Gasteiger partial charge in [0.1, 0.15) is 0 Å². The predicted molar refractivity (Wildman–Crippen MR) is 39.7 cm³/mol. The summed E-state index contributed by atoms with van der Waals surface area (Å²) in [6.07, 6.45) is 0. The van der Waals surface area contributed by atoms with E-state index in [1.165, 1.54) is 0 Å². The lowest BCUT2D eigenvalue weighted by atomic mass is 13.9. The van der Waals surface area contributed by atoms with E-state index in [-0.39, 0.29) is 0 Å². The minimum atomic E-state index is -3.59. The highest BCUT2D eigenvalue weighted by Gasteiger charge is 2.16. The molecule has 0 bridgehead atoms. The van der Waals surface area contributed by atoms with Crippen molar-refractivity contribution in [3.05, 3.63) is 0 Å². The Bertz CT molecular complexity index is 157. The van der Waals surface area contributed by atoms with Gasteiger partial charge in [0.05, 0.1) is 0 Å². The van der Waals surface area contributed by atoms with Gasteiger partial charge in [-0.05, 0) is 11.8 Å². The predicted octanol–water partition coefficient (Wildman–Crippen LogP) is -0.830. The van der Waals surface area contributed by atoms with Crippen LogP contribution in [0, 0.1) is 0 Å². The molecule has 0 amide bonds. The molecule has 0 saturated heterocycles. The Balaban J connectivity index is 4.07. The minimum Gasteiger partial charge on any atom is -0.269 e. The number of nitrogens with two attached hydrogens (primary N) is 4. The third-order valence-corrected chi connectivity index (χ3v) is 2.90. The molecule has 0 atom stereocenters. The summed E-state index contributed by atoms with van der Waals surface area (Å²) in [6.45, 7) is -2.97. The summed E-state index contributed by atoms with van der Waals surface area (Å²) in [6, 6.07) is 0. The molecule has 0 aliphatic carbocycles. The topological polar surface area (TPSA) is 130 Å².